The Balaban J connectivity index is 1.58. The van der Waals surface area contributed by atoms with Gasteiger partial charge in [-0.15, -0.1) is 0 Å². The lowest BCUT2D eigenvalue weighted by molar-refractivity contribution is -0.131. The van der Waals surface area contributed by atoms with Gasteiger partial charge in [-0.1, -0.05) is 11.8 Å². The standard InChI is InChI=1S/C22H27N3O7S/c1-21(19(27)23-30,33(2,31)32)8-9-24-14-18-10-16(13-25(18)20(24)28)6-4-3-5-7-22(29)11-17(12-22)15-26/h10,13,17,26,29-30H,7-9,11-12,14-15H2,1-2H3,(H,23,27)/t17?,21-,22?/m1/s1. The minimum absolute atomic E-state index is 0.00401. The number of sulfone groups is 1. The summed E-state index contributed by atoms with van der Waals surface area (Å²) in [5.74, 6) is 10.2. The second kappa shape index (κ2) is 9.20. The Labute approximate surface area is 192 Å². The van der Waals surface area contributed by atoms with E-state index in [4.69, 9.17) is 10.3 Å². The van der Waals surface area contributed by atoms with Crippen LogP contribution in [0.2, 0.25) is 0 Å². The quantitative estimate of drug-likeness (QED) is 0.242. The van der Waals surface area contributed by atoms with Crippen molar-refractivity contribution in [3.05, 3.63) is 23.5 Å². The Hall–Kier alpha value is -2.83. The Morgan fingerprint density at radius 1 is 1.36 bits per heavy atom. The lowest BCUT2D eigenvalue weighted by Crippen LogP contribution is -2.50. The number of aliphatic hydroxyl groups is 2. The summed E-state index contributed by atoms with van der Waals surface area (Å²) in [7, 11) is -3.85. The van der Waals surface area contributed by atoms with E-state index < -0.39 is 26.1 Å². The fraction of sp³-hybridized carbons (Fsp3) is 0.545. The molecule has 2 aliphatic rings. The minimum Gasteiger partial charge on any atom is -0.396 e. The van der Waals surface area contributed by atoms with Crippen molar-refractivity contribution in [3.8, 4) is 23.7 Å². The number of aliphatic hydroxyl groups excluding tert-OH is 1. The fourth-order valence-corrected chi connectivity index (χ4v) is 4.89. The zero-order chi connectivity index (χ0) is 24.4. The molecular formula is C22H27N3O7S. The number of amides is 2. The maximum absolute atomic E-state index is 12.7. The average molecular weight is 478 g/mol. The van der Waals surface area contributed by atoms with Gasteiger partial charge >= 0.3 is 6.03 Å². The van der Waals surface area contributed by atoms with Gasteiger partial charge in [0, 0.05) is 43.3 Å². The molecule has 1 aromatic rings. The topological polar surface area (TPSA) is 149 Å². The van der Waals surface area contributed by atoms with Crippen molar-refractivity contribution in [1.29, 1.82) is 0 Å². The van der Waals surface area contributed by atoms with Gasteiger partial charge in [0.05, 0.1) is 12.1 Å². The van der Waals surface area contributed by atoms with E-state index >= 15 is 0 Å². The molecule has 0 radical (unpaired) electrons. The van der Waals surface area contributed by atoms with E-state index in [0.29, 0.717) is 30.5 Å². The largest absolute Gasteiger partial charge is 0.396 e. The lowest BCUT2D eigenvalue weighted by atomic mass is 9.70. The highest BCUT2D eigenvalue weighted by Gasteiger charge is 2.44. The van der Waals surface area contributed by atoms with Gasteiger partial charge in [-0.05, 0) is 50.0 Å². The van der Waals surface area contributed by atoms with Gasteiger partial charge in [0.25, 0.3) is 5.91 Å². The van der Waals surface area contributed by atoms with Crippen molar-refractivity contribution in [2.75, 3.05) is 19.4 Å². The molecule has 178 valence electrons. The molecule has 0 aromatic carbocycles. The van der Waals surface area contributed by atoms with Crippen LogP contribution in [0.5, 0.6) is 0 Å². The normalized spacial score (nSPS) is 23.4. The summed E-state index contributed by atoms with van der Waals surface area (Å²) in [6.07, 6.45) is 3.65. The van der Waals surface area contributed by atoms with Crippen LogP contribution >= 0.6 is 0 Å². The van der Waals surface area contributed by atoms with Crippen LogP contribution in [0.15, 0.2) is 12.3 Å². The van der Waals surface area contributed by atoms with Crippen LogP contribution in [0.4, 0.5) is 4.79 Å². The second-order valence-electron chi connectivity index (χ2n) is 8.90. The number of nitrogens with one attached hydrogen (secondary N) is 1. The number of hydrogen-bond donors (Lipinski definition) is 4. The van der Waals surface area contributed by atoms with Crippen LogP contribution < -0.4 is 5.48 Å². The predicted octanol–water partition coefficient (Wildman–Crippen LogP) is -0.151. The fourth-order valence-electron chi connectivity index (χ4n) is 4.05. The molecule has 0 saturated heterocycles. The molecule has 2 amide bonds. The maximum Gasteiger partial charge on any atom is 0.328 e. The Kier molecular flexibility index (Phi) is 6.91. The van der Waals surface area contributed by atoms with Crippen LogP contribution in [-0.2, 0) is 21.2 Å². The molecular weight excluding hydrogens is 450 g/mol. The van der Waals surface area contributed by atoms with E-state index in [2.05, 4.69) is 23.7 Å². The first kappa shape index (κ1) is 24.8. The molecule has 1 fully saturated rings. The molecule has 33 heavy (non-hydrogen) atoms. The van der Waals surface area contributed by atoms with E-state index in [1.54, 1.807) is 12.3 Å². The molecule has 0 spiro atoms. The van der Waals surface area contributed by atoms with E-state index in [9.17, 15) is 23.1 Å². The number of hydrogen-bond acceptors (Lipinski definition) is 7. The summed E-state index contributed by atoms with van der Waals surface area (Å²) in [4.78, 5) is 26.0. The summed E-state index contributed by atoms with van der Waals surface area (Å²) in [6.45, 7) is 1.51. The van der Waals surface area contributed by atoms with Gasteiger partial charge in [0.2, 0.25) is 0 Å². The van der Waals surface area contributed by atoms with Gasteiger partial charge in [0.1, 0.15) is 0 Å². The van der Waals surface area contributed by atoms with E-state index in [0.717, 1.165) is 6.26 Å². The van der Waals surface area contributed by atoms with Crippen molar-refractivity contribution in [2.24, 2.45) is 5.92 Å². The van der Waals surface area contributed by atoms with Gasteiger partial charge in [-0.2, -0.15) is 0 Å². The van der Waals surface area contributed by atoms with E-state index in [-0.39, 0.29) is 38.1 Å². The van der Waals surface area contributed by atoms with Crippen molar-refractivity contribution in [3.63, 3.8) is 0 Å². The van der Waals surface area contributed by atoms with Crippen molar-refractivity contribution in [1.82, 2.24) is 14.9 Å². The number of rotatable bonds is 7. The molecule has 1 aliphatic heterocycles. The molecule has 0 bridgehead atoms. The molecule has 1 aromatic heterocycles. The molecule has 0 unspecified atom stereocenters. The van der Waals surface area contributed by atoms with Crippen LogP contribution in [0.25, 0.3) is 0 Å². The maximum atomic E-state index is 12.7. The second-order valence-corrected chi connectivity index (χ2v) is 11.3. The molecule has 1 aliphatic carbocycles. The molecule has 11 heteroatoms. The highest BCUT2D eigenvalue weighted by molar-refractivity contribution is 7.92. The third-order valence-corrected chi connectivity index (χ3v) is 8.39. The van der Waals surface area contributed by atoms with Crippen LogP contribution in [0.3, 0.4) is 0 Å². The molecule has 4 N–H and O–H groups in total. The summed E-state index contributed by atoms with van der Waals surface area (Å²) in [6, 6.07) is 1.36. The van der Waals surface area contributed by atoms with Gasteiger partial charge in [-0.25, -0.2) is 18.7 Å². The average Bonchev–Trinajstić information content (AvgIpc) is 3.26. The first-order valence-electron chi connectivity index (χ1n) is 10.4. The highest BCUT2D eigenvalue weighted by Crippen LogP contribution is 2.39. The summed E-state index contributed by atoms with van der Waals surface area (Å²) in [5.41, 5.74) is 1.81. The molecule has 1 atom stereocenters. The van der Waals surface area contributed by atoms with Gasteiger partial charge in [-0.3, -0.25) is 14.6 Å². The monoisotopic (exact) mass is 477 g/mol. The first-order chi connectivity index (χ1) is 15.4. The van der Waals surface area contributed by atoms with E-state index in [1.807, 2.05) is 0 Å². The smallest absolute Gasteiger partial charge is 0.328 e. The first-order valence-corrected chi connectivity index (χ1v) is 12.3. The minimum atomic E-state index is -3.85. The Morgan fingerprint density at radius 2 is 2.06 bits per heavy atom. The van der Waals surface area contributed by atoms with Gasteiger partial charge < -0.3 is 15.1 Å². The Morgan fingerprint density at radius 3 is 2.64 bits per heavy atom. The third kappa shape index (κ3) is 5.07. The van der Waals surface area contributed by atoms with Crippen molar-refractivity contribution < 1.29 is 33.4 Å². The van der Waals surface area contributed by atoms with Crippen LogP contribution in [0.1, 0.15) is 43.9 Å². The predicted molar refractivity (Wildman–Crippen MR) is 117 cm³/mol. The lowest BCUT2D eigenvalue weighted by Gasteiger charge is -2.41. The summed E-state index contributed by atoms with van der Waals surface area (Å²) < 4.78 is 23.7. The molecule has 10 nitrogen and oxygen atoms in total. The highest BCUT2D eigenvalue weighted by atomic mass is 32.2. The number of carbonyl (C=O) groups is 2. The zero-order valence-electron chi connectivity index (χ0n) is 18.5. The molecule has 2 heterocycles. The van der Waals surface area contributed by atoms with E-state index in [1.165, 1.54) is 21.9 Å². The third-order valence-electron chi connectivity index (χ3n) is 6.36. The summed E-state index contributed by atoms with van der Waals surface area (Å²) >= 11 is 0. The number of nitrogens with zero attached hydrogens (tertiary/aromatic N) is 2. The number of aromatic nitrogens is 1. The van der Waals surface area contributed by atoms with Crippen molar-refractivity contribution >= 4 is 21.8 Å². The SMILES string of the molecule is C[C@@](CCN1Cc2cc(C#CC#CCC3(O)CC(CO)C3)cn2C1=O)(C(=O)NO)S(C)(=O)=O. The zero-order valence-corrected chi connectivity index (χ0v) is 19.3. The molecule has 3 rings (SSSR count). The van der Waals surface area contributed by atoms with Crippen LogP contribution in [0, 0.1) is 29.6 Å². The summed E-state index contributed by atoms with van der Waals surface area (Å²) in [5, 5.41) is 28.1. The van der Waals surface area contributed by atoms with Crippen LogP contribution in [-0.4, -0.2) is 75.0 Å². The number of fused-ring (bicyclic) bond motifs is 1. The number of carbonyl (C=O) groups excluding carboxylic acids is 2. The van der Waals surface area contributed by atoms with Gasteiger partial charge in [0.15, 0.2) is 14.6 Å². The molecule has 1 saturated carbocycles. The Bertz CT molecular complexity index is 1180. The number of hydroxylamine groups is 1. The van der Waals surface area contributed by atoms with Crippen molar-refractivity contribution in [2.45, 2.75) is 49.5 Å².